The predicted octanol–water partition coefficient (Wildman–Crippen LogP) is 3.95. The van der Waals surface area contributed by atoms with E-state index in [1.165, 1.54) is 19.1 Å². The van der Waals surface area contributed by atoms with E-state index in [1.54, 1.807) is 24.3 Å². The summed E-state index contributed by atoms with van der Waals surface area (Å²) in [5.74, 6) is -0.149. The second kappa shape index (κ2) is 7.85. The van der Waals surface area contributed by atoms with Crippen LogP contribution in [0.25, 0.3) is 0 Å². The molecule has 0 unspecified atom stereocenters. The molecule has 1 atom stereocenters. The Balaban J connectivity index is 1.65. The van der Waals surface area contributed by atoms with Crippen LogP contribution in [0.15, 0.2) is 36.4 Å². The Morgan fingerprint density at radius 1 is 1.08 bits per heavy atom. The van der Waals surface area contributed by atoms with Gasteiger partial charge in [0, 0.05) is 5.02 Å². The Kier molecular flexibility index (Phi) is 5.54. The first-order chi connectivity index (χ1) is 12.4. The Bertz CT molecular complexity index is 855. The highest BCUT2D eigenvalue weighted by Gasteiger charge is 2.22. The van der Waals surface area contributed by atoms with Gasteiger partial charge >= 0.3 is 5.97 Å². The summed E-state index contributed by atoms with van der Waals surface area (Å²) in [5.41, 5.74) is 0.598. The van der Waals surface area contributed by atoms with E-state index in [-0.39, 0.29) is 5.56 Å². The van der Waals surface area contributed by atoms with Crippen LogP contribution < -0.4 is 14.8 Å². The summed E-state index contributed by atoms with van der Waals surface area (Å²) in [6.07, 6.45) is -1.04. The van der Waals surface area contributed by atoms with Crippen molar-refractivity contribution in [3.05, 3.63) is 52.0 Å². The topological polar surface area (TPSA) is 73.9 Å². The Hall–Kier alpha value is -2.44. The number of fused-ring (bicyclic) bond motifs is 1. The van der Waals surface area contributed by atoms with Crippen LogP contribution in [0.5, 0.6) is 11.5 Å². The molecule has 1 aliphatic heterocycles. The Morgan fingerprint density at radius 3 is 2.58 bits per heavy atom. The number of anilines is 1. The molecule has 0 bridgehead atoms. The third-order valence-electron chi connectivity index (χ3n) is 3.62. The van der Waals surface area contributed by atoms with Crippen molar-refractivity contribution in [1.29, 1.82) is 0 Å². The number of hydrogen-bond acceptors (Lipinski definition) is 5. The molecule has 3 rings (SSSR count). The van der Waals surface area contributed by atoms with Crippen LogP contribution >= 0.6 is 23.2 Å². The number of carbonyl (C=O) groups is 2. The van der Waals surface area contributed by atoms with Gasteiger partial charge in [-0.05, 0) is 43.3 Å². The summed E-state index contributed by atoms with van der Waals surface area (Å²) in [6, 6.07) is 9.37. The lowest BCUT2D eigenvalue weighted by Crippen LogP contribution is -2.30. The molecule has 0 fully saturated rings. The molecule has 0 saturated carbocycles. The van der Waals surface area contributed by atoms with Crippen LogP contribution in [0.4, 0.5) is 5.69 Å². The van der Waals surface area contributed by atoms with Crippen molar-refractivity contribution >= 4 is 40.8 Å². The van der Waals surface area contributed by atoms with Gasteiger partial charge in [-0.25, -0.2) is 4.79 Å². The van der Waals surface area contributed by atoms with Gasteiger partial charge in [-0.15, -0.1) is 0 Å². The maximum atomic E-state index is 12.3. The number of amides is 1. The van der Waals surface area contributed by atoms with E-state index in [9.17, 15) is 9.59 Å². The van der Waals surface area contributed by atoms with Crippen LogP contribution in [0.3, 0.4) is 0 Å². The van der Waals surface area contributed by atoms with Crippen molar-refractivity contribution < 1.29 is 23.8 Å². The fourth-order valence-electron chi connectivity index (χ4n) is 2.28. The minimum Gasteiger partial charge on any atom is -0.486 e. The maximum absolute atomic E-state index is 12.3. The minimum absolute atomic E-state index is 0.259. The SMILES string of the molecule is C[C@@H](OC(=O)c1ccc2c(c1)OCCO2)C(=O)Nc1cc(Cl)ccc1Cl. The standard InChI is InChI=1S/C18H15Cl2NO5/c1-10(17(22)21-14-9-12(19)3-4-13(14)20)26-18(23)11-2-5-15-16(8-11)25-7-6-24-15/h2-5,8-10H,6-7H2,1H3,(H,21,22)/t10-/m1/s1. The molecular weight excluding hydrogens is 381 g/mol. The summed E-state index contributed by atoms with van der Waals surface area (Å²) < 4.78 is 16.0. The minimum atomic E-state index is -1.04. The van der Waals surface area contributed by atoms with E-state index in [2.05, 4.69) is 5.32 Å². The lowest BCUT2D eigenvalue weighted by molar-refractivity contribution is -0.123. The summed E-state index contributed by atoms with van der Waals surface area (Å²) in [7, 11) is 0. The number of ether oxygens (including phenoxy) is 3. The monoisotopic (exact) mass is 395 g/mol. The molecular formula is C18H15Cl2NO5. The first-order valence-electron chi connectivity index (χ1n) is 7.80. The number of carbonyl (C=O) groups excluding carboxylic acids is 2. The quantitative estimate of drug-likeness (QED) is 0.793. The van der Waals surface area contributed by atoms with Crippen molar-refractivity contribution in [2.24, 2.45) is 0 Å². The molecule has 1 heterocycles. The van der Waals surface area contributed by atoms with Gasteiger partial charge in [-0.1, -0.05) is 23.2 Å². The predicted molar refractivity (Wildman–Crippen MR) is 97.4 cm³/mol. The molecule has 26 heavy (non-hydrogen) atoms. The smallest absolute Gasteiger partial charge is 0.339 e. The van der Waals surface area contributed by atoms with Gasteiger partial charge in [0.15, 0.2) is 17.6 Å². The average molecular weight is 396 g/mol. The molecule has 136 valence electrons. The number of halogens is 2. The molecule has 1 aliphatic rings. The summed E-state index contributed by atoms with van der Waals surface area (Å²) in [5, 5.41) is 3.33. The third kappa shape index (κ3) is 4.20. The second-order valence-corrected chi connectivity index (χ2v) is 6.36. The maximum Gasteiger partial charge on any atom is 0.339 e. The molecule has 1 N–H and O–H groups in total. The van der Waals surface area contributed by atoms with Gasteiger partial charge in [0.1, 0.15) is 13.2 Å². The van der Waals surface area contributed by atoms with E-state index >= 15 is 0 Å². The summed E-state index contributed by atoms with van der Waals surface area (Å²) in [6.45, 7) is 2.33. The van der Waals surface area contributed by atoms with Crippen LogP contribution in [-0.4, -0.2) is 31.2 Å². The number of esters is 1. The number of benzene rings is 2. The lowest BCUT2D eigenvalue weighted by atomic mass is 10.2. The highest BCUT2D eigenvalue weighted by Crippen LogP contribution is 2.31. The van der Waals surface area contributed by atoms with Crippen molar-refractivity contribution in [2.75, 3.05) is 18.5 Å². The zero-order valence-corrected chi connectivity index (χ0v) is 15.3. The highest BCUT2D eigenvalue weighted by atomic mass is 35.5. The summed E-state index contributed by atoms with van der Waals surface area (Å²) in [4.78, 5) is 24.5. The third-order valence-corrected chi connectivity index (χ3v) is 4.18. The van der Waals surface area contributed by atoms with Gasteiger partial charge in [0.25, 0.3) is 5.91 Å². The van der Waals surface area contributed by atoms with Gasteiger partial charge in [-0.3, -0.25) is 4.79 Å². The lowest BCUT2D eigenvalue weighted by Gasteiger charge is -2.19. The number of hydrogen-bond donors (Lipinski definition) is 1. The molecule has 0 radical (unpaired) electrons. The molecule has 0 saturated heterocycles. The molecule has 6 nitrogen and oxygen atoms in total. The summed E-state index contributed by atoms with van der Waals surface area (Å²) >= 11 is 11.9. The van der Waals surface area contributed by atoms with Gasteiger partial charge in [0.2, 0.25) is 0 Å². The number of nitrogens with one attached hydrogen (secondary N) is 1. The molecule has 0 aromatic heterocycles. The van der Waals surface area contributed by atoms with Crippen molar-refractivity contribution in [3.8, 4) is 11.5 Å². The van der Waals surface area contributed by atoms with Crippen LogP contribution in [0.2, 0.25) is 10.0 Å². The van der Waals surface area contributed by atoms with E-state index in [0.717, 1.165) is 0 Å². The van der Waals surface area contributed by atoms with E-state index < -0.39 is 18.0 Å². The van der Waals surface area contributed by atoms with E-state index in [4.69, 9.17) is 37.4 Å². The van der Waals surface area contributed by atoms with Crippen molar-refractivity contribution in [2.45, 2.75) is 13.0 Å². The fraction of sp³-hybridized carbons (Fsp3) is 0.222. The van der Waals surface area contributed by atoms with E-state index in [1.807, 2.05) is 0 Å². The van der Waals surface area contributed by atoms with Crippen molar-refractivity contribution in [3.63, 3.8) is 0 Å². The van der Waals surface area contributed by atoms with Gasteiger partial charge in [0.05, 0.1) is 16.3 Å². The van der Waals surface area contributed by atoms with Crippen LogP contribution in [0, 0.1) is 0 Å². The van der Waals surface area contributed by atoms with Gasteiger partial charge < -0.3 is 19.5 Å². The first kappa shape index (κ1) is 18.4. The molecule has 0 aliphatic carbocycles. The Labute approximate surface area is 159 Å². The second-order valence-electron chi connectivity index (χ2n) is 5.52. The van der Waals surface area contributed by atoms with Crippen LogP contribution in [-0.2, 0) is 9.53 Å². The molecule has 1 amide bonds. The molecule has 2 aromatic rings. The zero-order chi connectivity index (χ0) is 18.7. The largest absolute Gasteiger partial charge is 0.486 e. The molecule has 0 spiro atoms. The van der Waals surface area contributed by atoms with Crippen molar-refractivity contribution in [1.82, 2.24) is 0 Å². The highest BCUT2D eigenvalue weighted by molar-refractivity contribution is 6.35. The fourth-order valence-corrected chi connectivity index (χ4v) is 2.62. The van der Waals surface area contributed by atoms with Gasteiger partial charge in [-0.2, -0.15) is 0 Å². The number of rotatable bonds is 4. The normalized spacial score (nSPS) is 13.7. The molecule has 2 aromatic carbocycles. The first-order valence-corrected chi connectivity index (χ1v) is 8.56. The molecule has 8 heteroatoms. The average Bonchev–Trinajstić information content (AvgIpc) is 2.64. The van der Waals surface area contributed by atoms with Crippen LogP contribution in [0.1, 0.15) is 17.3 Å². The Morgan fingerprint density at radius 2 is 1.81 bits per heavy atom. The zero-order valence-electron chi connectivity index (χ0n) is 13.8. The van der Waals surface area contributed by atoms with E-state index in [0.29, 0.717) is 40.4 Å².